The number of benzene rings is 1. The molecule has 4 heterocycles. The average Bonchev–Trinajstić information content (AvgIpc) is 3.49. The fraction of sp³-hybridized carbons (Fsp3) is 0.261. The summed E-state index contributed by atoms with van der Waals surface area (Å²) in [4.78, 5) is 29.6. The van der Waals surface area contributed by atoms with Gasteiger partial charge in [0.2, 0.25) is 0 Å². The molecule has 38 heavy (non-hydrogen) atoms. The lowest BCUT2D eigenvalue weighted by Gasteiger charge is -2.37. The Morgan fingerprint density at radius 3 is 2.87 bits per heavy atom. The summed E-state index contributed by atoms with van der Waals surface area (Å²) in [5.74, 6) is -0.847. The lowest BCUT2D eigenvalue weighted by atomic mass is 10.0. The Morgan fingerprint density at radius 1 is 1.32 bits per heavy atom. The monoisotopic (exact) mass is 546 g/mol. The van der Waals surface area contributed by atoms with Gasteiger partial charge in [0, 0.05) is 42.3 Å². The van der Waals surface area contributed by atoms with Gasteiger partial charge in [-0.15, -0.1) is 0 Å². The summed E-state index contributed by atoms with van der Waals surface area (Å²) < 4.78 is 33.7. The van der Waals surface area contributed by atoms with Crippen molar-refractivity contribution in [2.45, 2.75) is 25.2 Å². The molecule has 0 saturated carbocycles. The van der Waals surface area contributed by atoms with Crippen LogP contribution in [0, 0.1) is 0 Å². The molecule has 2 atom stereocenters. The molecule has 198 valence electrons. The first-order valence-electron chi connectivity index (χ1n) is 11.3. The molecule has 1 saturated heterocycles. The number of fused-ring (bicyclic) bond motifs is 1. The number of nitrogens with one attached hydrogen (secondary N) is 1. The van der Waals surface area contributed by atoms with Crippen LogP contribution in [0.15, 0.2) is 49.1 Å². The number of likely N-dealkylation sites (tertiary alicyclic amines) is 1. The van der Waals surface area contributed by atoms with E-state index in [-0.39, 0.29) is 58.4 Å². The highest BCUT2D eigenvalue weighted by atomic mass is 35.5. The Labute approximate surface area is 218 Å². The number of aliphatic hydroxyl groups excluding tert-OH is 1. The molecule has 5 rings (SSSR count). The van der Waals surface area contributed by atoms with E-state index in [2.05, 4.69) is 25.2 Å². The highest BCUT2D eigenvalue weighted by molar-refractivity contribution is 6.31. The van der Waals surface area contributed by atoms with Crippen LogP contribution in [0.1, 0.15) is 22.8 Å². The number of nitrogens with zero attached hydrogens (tertiary/aromatic N) is 6. The number of anilines is 1. The molecule has 0 unspecified atom stereocenters. The molecule has 0 radical (unpaired) electrons. The van der Waals surface area contributed by atoms with Gasteiger partial charge in [0.1, 0.15) is 23.1 Å². The molecule has 0 aliphatic carbocycles. The van der Waals surface area contributed by atoms with E-state index in [0.29, 0.717) is 0 Å². The van der Waals surface area contributed by atoms with Gasteiger partial charge in [-0.25, -0.2) is 9.50 Å². The maximum absolute atomic E-state index is 13.2. The molecule has 4 aromatic rings. The van der Waals surface area contributed by atoms with Crippen LogP contribution in [-0.2, 0) is 0 Å². The second-order valence-corrected chi connectivity index (χ2v) is 8.86. The Balaban J connectivity index is 1.56. The number of ether oxygens (including phenoxy) is 1. The number of alkyl halides is 2. The van der Waals surface area contributed by atoms with E-state index < -0.39 is 30.8 Å². The fourth-order valence-corrected chi connectivity index (χ4v) is 4.48. The topological polar surface area (TPSA) is 150 Å². The third-order valence-electron chi connectivity index (χ3n) is 6.06. The molecule has 1 aromatic carbocycles. The molecule has 1 aliphatic heterocycles. The largest absolute Gasteiger partial charge is 0.530 e. The zero-order valence-electron chi connectivity index (χ0n) is 19.4. The molecule has 3 aromatic heterocycles. The first kappa shape index (κ1) is 25.4. The van der Waals surface area contributed by atoms with Crippen molar-refractivity contribution < 1.29 is 33.3 Å². The van der Waals surface area contributed by atoms with E-state index in [1.807, 2.05) is 0 Å². The number of halogens is 3. The lowest BCUT2D eigenvalue weighted by molar-refractivity contribution is -0.268. The van der Waals surface area contributed by atoms with Gasteiger partial charge in [-0.3, -0.25) is 9.48 Å². The third-order valence-corrected chi connectivity index (χ3v) is 6.30. The number of amides is 2. The summed E-state index contributed by atoms with van der Waals surface area (Å²) in [5, 5.41) is 33.3. The van der Waals surface area contributed by atoms with E-state index in [1.54, 1.807) is 12.3 Å². The second-order valence-electron chi connectivity index (χ2n) is 8.43. The van der Waals surface area contributed by atoms with Crippen LogP contribution in [0.4, 0.5) is 19.3 Å². The van der Waals surface area contributed by atoms with Crippen molar-refractivity contribution >= 4 is 34.9 Å². The first-order chi connectivity index (χ1) is 18.2. The van der Waals surface area contributed by atoms with E-state index >= 15 is 0 Å². The van der Waals surface area contributed by atoms with Crippen LogP contribution in [-0.4, -0.2) is 72.2 Å². The summed E-state index contributed by atoms with van der Waals surface area (Å²) in [5.41, 5.74) is 0.624. The van der Waals surface area contributed by atoms with Crippen LogP contribution >= 0.6 is 11.6 Å². The minimum absolute atomic E-state index is 0.0375. The van der Waals surface area contributed by atoms with Gasteiger partial charge in [-0.05, 0) is 30.7 Å². The molecular weight excluding hydrogens is 528 g/mol. The molecule has 12 nitrogen and oxygen atoms in total. The van der Waals surface area contributed by atoms with E-state index in [9.17, 15) is 28.6 Å². The smallest absolute Gasteiger partial charge is 0.387 e. The van der Waals surface area contributed by atoms with E-state index in [0.717, 1.165) is 4.90 Å². The van der Waals surface area contributed by atoms with Crippen LogP contribution in [0.2, 0.25) is 5.02 Å². The molecule has 1 aliphatic rings. The molecule has 0 spiro atoms. The Hall–Kier alpha value is -4.30. The van der Waals surface area contributed by atoms with Crippen LogP contribution in [0.25, 0.3) is 16.9 Å². The predicted molar refractivity (Wildman–Crippen MR) is 127 cm³/mol. The van der Waals surface area contributed by atoms with E-state index in [4.69, 9.17) is 11.6 Å². The normalized spacial score (nSPS) is 17.7. The Morgan fingerprint density at radius 2 is 2.13 bits per heavy atom. The minimum atomic E-state index is -3.14. The molecule has 1 fully saturated rings. The maximum Gasteiger partial charge on any atom is 0.387 e. The van der Waals surface area contributed by atoms with E-state index in [1.165, 1.54) is 46.0 Å². The number of piperidine rings is 1. The number of hydrogen-bond acceptors (Lipinski definition) is 8. The third kappa shape index (κ3) is 4.95. The van der Waals surface area contributed by atoms with Gasteiger partial charge in [-0.1, -0.05) is 11.6 Å². The van der Waals surface area contributed by atoms with Crippen LogP contribution < -0.4 is 15.2 Å². The second kappa shape index (κ2) is 10.2. The number of carbonyl (C=O) groups excluding carboxylic acids is 2. The maximum atomic E-state index is 13.2. The number of carbonyl (C=O) groups is 2. The first-order valence-corrected chi connectivity index (χ1v) is 11.7. The van der Waals surface area contributed by atoms with Gasteiger partial charge >= 0.3 is 6.61 Å². The Kier molecular flexibility index (Phi) is 6.82. The minimum Gasteiger partial charge on any atom is -0.530 e. The van der Waals surface area contributed by atoms with Crippen LogP contribution in [0.5, 0.6) is 5.75 Å². The highest BCUT2D eigenvalue weighted by Crippen LogP contribution is 2.38. The highest BCUT2D eigenvalue weighted by Gasteiger charge is 2.31. The fourth-order valence-electron chi connectivity index (χ4n) is 4.31. The number of aromatic nitrogens is 5. The van der Waals surface area contributed by atoms with Crippen molar-refractivity contribution in [3.8, 4) is 17.0 Å². The summed E-state index contributed by atoms with van der Waals surface area (Å²) in [6.07, 6.45) is 3.47. The van der Waals surface area contributed by atoms with Gasteiger partial charge in [0.15, 0.2) is 5.65 Å². The zero-order chi connectivity index (χ0) is 27.0. The SMILES string of the molecule is O=C(Nc1cn([C@H]2CCN(C(=O)[O-])C[C@@H]2O)nc1-c1cc(Cl)ccc1OC(F)F)c1cnn2cccnc12. The standard InChI is InChI=1S/C23H20ClF2N7O5/c24-12-2-3-18(38-22(25)26)13(8-12)19-15(29-21(35)14-9-28-32-6-1-5-27-20(14)32)10-33(30-19)16-4-7-31(23(36)37)11-17(16)34/h1-3,5-6,8-10,16-17,22,34H,4,7,11H2,(H,29,35)(H,36,37)/p-1/t16-,17-/m0/s1. The molecule has 15 heteroatoms. The van der Waals surface area contributed by atoms with Gasteiger partial charge < -0.3 is 30.0 Å². The van der Waals surface area contributed by atoms with Crippen molar-refractivity contribution in [2.75, 3.05) is 18.4 Å². The van der Waals surface area contributed by atoms with Crippen molar-refractivity contribution in [1.82, 2.24) is 29.3 Å². The van der Waals surface area contributed by atoms with Crippen molar-refractivity contribution in [3.63, 3.8) is 0 Å². The van der Waals surface area contributed by atoms with Gasteiger partial charge in [0.25, 0.3) is 5.91 Å². The Bertz CT molecular complexity index is 1510. The summed E-state index contributed by atoms with van der Waals surface area (Å²) in [7, 11) is 0. The summed E-state index contributed by atoms with van der Waals surface area (Å²) >= 11 is 6.14. The number of β-amino-alcohol motifs (C(OH)–C–C–N with tert-alkyl or cyclic N) is 1. The number of aliphatic hydroxyl groups is 1. The summed E-state index contributed by atoms with van der Waals surface area (Å²) in [6, 6.07) is 4.92. The number of rotatable bonds is 6. The van der Waals surface area contributed by atoms with Crippen molar-refractivity contribution in [3.05, 3.63) is 59.6 Å². The number of carboxylic acid groups (broad SMARTS) is 1. The molecular formula is C23H19ClF2N7O5-. The quantitative estimate of drug-likeness (QED) is 0.373. The zero-order valence-corrected chi connectivity index (χ0v) is 20.1. The van der Waals surface area contributed by atoms with Gasteiger partial charge in [0.05, 0.1) is 24.0 Å². The average molecular weight is 547 g/mol. The molecule has 0 bridgehead atoms. The van der Waals surface area contributed by atoms with Crippen molar-refractivity contribution in [2.24, 2.45) is 0 Å². The van der Waals surface area contributed by atoms with Crippen molar-refractivity contribution in [1.29, 1.82) is 0 Å². The predicted octanol–water partition coefficient (Wildman–Crippen LogP) is 2.05. The lowest BCUT2D eigenvalue weighted by Crippen LogP contribution is -2.51. The van der Waals surface area contributed by atoms with Crippen LogP contribution in [0.3, 0.4) is 0 Å². The molecule has 2 N–H and O–H groups in total. The molecule has 2 amide bonds. The number of hydrogen-bond donors (Lipinski definition) is 2. The van der Waals surface area contributed by atoms with Gasteiger partial charge in [-0.2, -0.15) is 19.0 Å². The summed E-state index contributed by atoms with van der Waals surface area (Å²) in [6.45, 7) is -3.28.